The first kappa shape index (κ1) is 25.7. The minimum absolute atomic E-state index is 0.0750. The van der Waals surface area contributed by atoms with Crippen molar-refractivity contribution in [1.82, 2.24) is 4.90 Å². The molecule has 3 aromatic rings. The number of rotatable bonds is 7. The number of nitrogens with zero attached hydrogens (tertiary/aromatic N) is 2. The molecule has 2 heterocycles. The van der Waals surface area contributed by atoms with Gasteiger partial charge in [-0.3, -0.25) is 4.90 Å². The number of hydrogen-bond donors (Lipinski definition) is 0. The Morgan fingerprint density at radius 3 is 2.11 bits per heavy atom. The molecule has 0 unspecified atom stereocenters. The minimum Gasteiger partial charge on any atom is -0.477 e. The average molecular weight is 533 g/mol. The molecule has 1 fully saturated rings. The Kier molecular flexibility index (Phi) is 7.78. The monoisotopic (exact) mass is 532 g/mol. The number of carbonyl (C=O) groups excluding carboxylic acids is 1. The van der Waals surface area contributed by atoms with Gasteiger partial charge in [0, 0.05) is 18.2 Å². The number of likely N-dealkylation sites (tertiary alicyclic amines) is 1. The highest BCUT2D eigenvalue weighted by Gasteiger charge is 2.47. The summed E-state index contributed by atoms with van der Waals surface area (Å²) in [5, 5.41) is 2.32. The second-order valence-corrected chi connectivity index (χ2v) is 14.8. The number of carbonyl (C=O) groups is 1. The summed E-state index contributed by atoms with van der Waals surface area (Å²) in [6, 6.07) is 28.1. The lowest BCUT2D eigenvalue weighted by Crippen LogP contribution is -2.41. The van der Waals surface area contributed by atoms with Gasteiger partial charge in [0.05, 0.1) is 6.04 Å². The fraction of sp³-hybridized carbons (Fsp3) is 0.333. The van der Waals surface area contributed by atoms with E-state index in [1.54, 1.807) is 0 Å². The molecular formula is C30H33N2O3PS. The molecule has 0 aromatic heterocycles. The maximum absolute atomic E-state index is 13.5. The van der Waals surface area contributed by atoms with E-state index in [4.69, 9.17) is 26.3 Å². The molecule has 0 bridgehead atoms. The summed E-state index contributed by atoms with van der Waals surface area (Å²) in [7, 11) is 0. The first-order chi connectivity index (χ1) is 18.0. The highest BCUT2D eigenvalue weighted by molar-refractivity contribution is 8.22. The molecule has 2 aliphatic rings. The van der Waals surface area contributed by atoms with E-state index in [2.05, 4.69) is 62.4 Å². The topological polar surface area (TPSA) is 51.1 Å². The largest absolute Gasteiger partial charge is 0.477 e. The van der Waals surface area contributed by atoms with Crippen molar-refractivity contribution in [2.75, 3.05) is 13.2 Å². The van der Waals surface area contributed by atoms with Crippen LogP contribution in [-0.4, -0.2) is 47.8 Å². The van der Waals surface area contributed by atoms with Gasteiger partial charge in [-0.25, -0.2) is 9.79 Å². The molecule has 3 atom stereocenters. The summed E-state index contributed by atoms with van der Waals surface area (Å²) in [6.07, 6.45) is 0.351. The molecule has 0 radical (unpaired) electrons. The van der Waals surface area contributed by atoms with Crippen LogP contribution in [0.5, 0.6) is 0 Å². The summed E-state index contributed by atoms with van der Waals surface area (Å²) < 4.78 is 11.9. The van der Waals surface area contributed by atoms with Gasteiger partial charge in [-0.15, -0.1) is 0 Å². The predicted molar refractivity (Wildman–Crippen MR) is 154 cm³/mol. The van der Waals surface area contributed by atoms with Crippen LogP contribution >= 0.6 is 6.04 Å². The summed E-state index contributed by atoms with van der Waals surface area (Å²) >= 11 is 6.62. The number of ether oxygens (including phenoxy) is 2. The van der Waals surface area contributed by atoms with E-state index in [0.717, 1.165) is 16.2 Å². The Morgan fingerprint density at radius 2 is 1.57 bits per heavy atom. The standard InChI is InChI=1S/C30H33N2O3PS/c1-22(2)27-21-34-29(31-27)28-18-26(19-32(28)30(33)35-20-23-12-6-3-7-13-23)36(37,24-14-8-4-9-15-24)25-16-10-5-11-17-25/h3-17,22,26-28H,18-21H2,1-2H3/t26-,27+,28-/m0/s1. The smallest absolute Gasteiger partial charge is 0.410 e. The molecule has 0 aliphatic carbocycles. The third-order valence-electron chi connectivity index (χ3n) is 7.26. The van der Waals surface area contributed by atoms with Crippen molar-refractivity contribution >= 4 is 40.4 Å². The zero-order chi connectivity index (χ0) is 25.8. The van der Waals surface area contributed by atoms with Crippen molar-refractivity contribution in [1.29, 1.82) is 0 Å². The van der Waals surface area contributed by atoms with E-state index in [1.807, 2.05) is 47.4 Å². The summed E-state index contributed by atoms with van der Waals surface area (Å²) in [5.41, 5.74) is 1.03. The van der Waals surface area contributed by atoms with E-state index >= 15 is 0 Å². The molecule has 5 rings (SSSR count). The fourth-order valence-electron chi connectivity index (χ4n) is 5.12. The van der Waals surface area contributed by atoms with Crippen molar-refractivity contribution in [2.45, 2.75) is 44.6 Å². The fourth-order valence-corrected chi connectivity index (χ4v) is 9.58. The zero-order valence-electron chi connectivity index (χ0n) is 21.3. The second kappa shape index (κ2) is 11.2. The summed E-state index contributed by atoms with van der Waals surface area (Å²) in [5.74, 6) is 1.01. The van der Waals surface area contributed by atoms with Crippen LogP contribution in [0.3, 0.4) is 0 Å². The van der Waals surface area contributed by atoms with Gasteiger partial charge in [0.1, 0.15) is 19.3 Å². The SMILES string of the molecule is CC(C)[C@H]1COC([C@@H]2C[C@H](P(=S)(c3ccccc3)c3ccccc3)CN2C(=O)OCc2ccccc2)=N1. The molecule has 2 aliphatic heterocycles. The van der Waals surface area contributed by atoms with Crippen LogP contribution in [0.1, 0.15) is 25.8 Å². The minimum atomic E-state index is -2.26. The van der Waals surface area contributed by atoms with Crippen molar-refractivity contribution in [2.24, 2.45) is 10.9 Å². The Labute approximate surface area is 224 Å². The van der Waals surface area contributed by atoms with Gasteiger partial charge in [-0.2, -0.15) is 0 Å². The van der Waals surface area contributed by atoms with E-state index < -0.39 is 6.04 Å². The number of aliphatic imine (C=N–C) groups is 1. The van der Waals surface area contributed by atoms with Crippen LogP contribution < -0.4 is 10.6 Å². The van der Waals surface area contributed by atoms with Crippen LogP contribution in [0.25, 0.3) is 0 Å². The average Bonchev–Trinajstić information content (AvgIpc) is 3.61. The van der Waals surface area contributed by atoms with Crippen molar-refractivity contribution in [3.05, 3.63) is 96.6 Å². The quantitative estimate of drug-likeness (QED) is 0.385. The van der Waals surface area contributed by atoms with E-state index in [1.165, 1.54) is 0 Å². The zero-order valence-corrected chi connectivity index (χ0v) is 23.0. The van der Waals surface area contributed by atoms with Crippen molar-refractivity contribution in [3.8, 4) is 0 Å². The molecule has 0 spiro atoms. The lowest BCUT2D eigenvalue weighted by molar-refractivity contribution is 0.0966. The van der Waals surface area contributed by atoms with Crippen LogP contribution in [0.4, 0.5) is 4.79 Å². The first-order valence-corrected chi connectivity index (χ1v) is 15.7. The van der Waals surface area contributed by atoms with Crippen LogP contribution in [0.2, 0.25) is 0 Å². The van der Waals surface area contributed by atoms with E-state index in [-0.39, 0.29) is 30.4 Å². The Morgan fingerprint density at radius 1 is 1.00 bits per heavy atom. The normalized spacial score (nSPS) is 21.5. The van der Waals surface area contributed by atoms with Gasteiger partial charge in [0.25, 0.3) is 0 Å². The Balaban J connectivity index is 1.48. The van der Waals surface area contributed by atoms with Gasteiger partial charge in [-0.05, 0) is 28.5 Å². The molecule has 1 amide bonds. The van der Waals surface area contributed by atoms with Gasteiger partial charge in [0.15, 0.2) is 0 Å². The van der Waals surface area contributed by atoms with Crippen LogP contribution in [0.15, 0.2) is 96.0 Å². The maximum atomic E-state index is 13.5. The third kappa shape index (κ3) is 5.37. The number of amides is 1. The Bertz CT molecular complexity index is 1240. The molecule has 192 valence electrons. The Hall–Kier alpha value is -2.95. The summed E-state index contributed by atoms with van der Waals surface area (Å²) in [4.78, 5) is 20.2. The molecule has 5 nitrogen and oxygen atoms in total. The van der Waals surface area contributed by atoms with Crippen LogP contribution in [-0.2, 0) is 27.9 Å². The molecule has 1 saturated heterocycles. The van der Waals surface area contributed by atoms with Crippen molar-refractivity contribution in [3.63, 3.8) is 0 Å². The second-order valence-electron chi connectivity index (χ2n) is 10.0. The number of benzene rings is 3. The molecule has 0 N–H and O–H groups in total. The van der Waals surface area contributed by atoms with Crippen molar-refractivity contribution < 1.29 is 14.3 Å². The van der Waals surface area contributed by atoms with Gasteiger partial charge < -0.3 is 9.47 Å². The highest BCUT2D eigenvalue weighted by atomic mass is 32.4. The maximum Gasteiger partial charge on any atom is 0.410 e. The highest BCUT2D eigenvalue weighted by Crippen LogP contribution is 2.53. The first-order valence-electron chi connectivity index (χ1n) is 12.9. The van der Waals surface area contributed by atoms with Gasteiger partial charge in [0.2, 0.25) is 5.90 Å². The molecular weight excluding hydrogens is 499 g/mol. The molecule has 37 heavy (non-hydrogen) atoms. The molecule has 3 aromatic carbocycles. The van der Waals surface area contributed by atoms with E-state index in [9.17, 15) is 4.79 Å². The predicted octanol–water partition coefficient (Wildman–Crippen LogP) is 5.35. The van der Waals surface area contributed by atoms with Crippen LogP contribution in [0, 0.1) is 5.92 Å². The third-order valence-corrected chi connectivity index (χ3v) is 13.0. The van der Waals surface area contributed by atoms with Gasteiger partial charge >= 0.3 is 6.09 Å². The summed E-state index contributed by atoms with van der Waals surface area (Å²) in [6.45, 7) is 5.57. The number of hydrogen-bond acceptors (Lipinski definition) is 5. The van der Waals surface area contributed by atoms with Gasteiger partial charge in [-0.1, -0.05) is 117 Å². The van der Waals surface area contributed by atoms with E-state index in [0.29, 0.717) is 31.4 Å². The molecule has 0 saturated carbocycles. The molecule has 7 heteroatoms. The lowest BCUT2D eigenvalue weighted by Gasteiger charge is -2.29. The lowest BCUT2D eigenvalue weighted by atomic mass is 10.1.